The predicted octanol–water partition coefficient (Wildman–Crippen LogP) is 2.19. The molecule has 0 bridgehead atoms. The summed E-state index contributed by atoms with van der Waals surface area (Å²) in [5.74, 6) is -0.678. The number of carbonyl (C=O) groups is 2. The molecular formula is C20H22N2O4S2. The molecule has 1 N–H and O–H groups in total. The summed E-state index contributed by atoms with van der Waals surface area (Å²) in [6, 6.07) is 13.2. The van der Waals surface area contributed by atoms with Crippen molar-refractivity contribution in [3.63, 3.8) is 0 Å². The number of hydrogen-bond acceptors (Lipinski definition) is 5. The van der Waals surface area contributed by atoms with Crippen molar-refractivity contribution in [1.82, 2.24) is 10.2 Å². The van der Waals surface area contributed by atoms with Gasteiger partial charge in [-0.1, -0.05) is 30.3 Å². The second-order valence-corrected chi connectivity index (χ2v) is 10.0. The molecule has 148 valence electrons. The lowest BCUT2D eigenvalue weighted by Crippen LogP contribution is -2.51. The molecule has 8 heteroatoms. The molecule has 0 radical (unpaired) electrons. The molecule has 2 aromatic rings. The number of nitrogens with zero attached hydrogens (tertiary/aromatic N) is 1. The van der Waals surface area contributed by atoms with Gasteiger partial charge >= 0.3 is 0 Å². The van der Waals surface area contributed by atoms with E-state index in [-0.39, 0.29) is 36.4 Å². The Kier molecular flexibility index (Phi) is 6.31. The Hall–Kier alpha value is -2.45. The molecule has 1 aromatic carbocycles. The summed E-state index contributed by atoms with van der Waals surface area (Å²) < 4.78 is 22.9. The average Bonchev–Trinajstić information content (AvgIpc) is 3.15. The Labute approximate surface area is 168 Å². The van der Waals surface area contributed by atoms with Crippen LogP contribution in [0.25, 0.3) is 16.5 Å². The third-order valence-corrected chi connectivity index (χ3v) is 7.18. The standard InChI is InChI=1S/C20H22N2O4S2/c1-15(20(24)22-11-13-28(25,26)14-12-22)21-19(23)10-8-17-7-9-18(27-17)16-5-3-2-4-6-16/h2-10,15H,11-14H2,1H3,(H,21,23). The Morgan fingerprint density at radius 2 is 1.79 bits per heavy atom. The average molecular weight is 419 g/mol. The Morgan fingerprint density at radius 3 is 2.46 bits per heavy atom. The zero-order chi connectivity index (χ0) is 20.1. The van der Waals surface area contributed by atoms with Crippen molar-refractivity contribution in [2.24, 2.45) is 0 Å². The topological polar surface area (TPSA) is 83.6 Å². The molecule has 1 fully saturated rings. The molecule has 1 aliphatic rings. The number of rotatable bonds is 5. The van der Waals surface area contributed by atoms with E-state index < -0.39 is 15.9 Å². The van der Waals surface area contributed by atoms with Crippen LogP contribution in [0.2, 0.25) is 0 Å². The quantitative estimate of drug-likeness (QED) is 0.755. The molecule has 3 rings (SSSR count). The van der Waals surface area contributed by atoms with Gasteiger partial charge in [-0.25, -0.2) is 8.42 Å². The van der Waals surface area contributed by atoms with E-state index in [2.05, 4.69) is 5.32 Å². The van der Waals surface area contributed by atoms with Crippen molar-refractivity contribution in [3.05, 3.63) is 53.4 Å². The zero-order valence-corrected chi connectivity index (χ0v) is 17.1. The van der Waals surface area contributed by atoms with Crippen molar-refractivity contribution in [1.29, 1.82) is 0 Å². The van der Waals surface area contributed by atoms with Crippen LogP contribution in [0.3, 0.4) is 0 Å². The van der Waals surface area contributed by atoms with Gasteiger partial charge in [0.2, 0.25) is 11.8 Å². The molecule has 1 saturated heterocycles. The van der Waals surface area contributed by atoms with Crippen LogP contribution in [0.5, 0.6) is 0 Å². The maximum atomic E-state index is 12.4. The van der Waals surface area contributed by atoms with Crippen molar-refractivity contribution >= 4 is 39.1 Å². The highest BCUT2D eigenvalue weighted by atomic mass is 32.2. The van der Waals surface area contributed by atoms with Crippen LogP contribution in [-0.4, -0.2) is 55.8 Å². The van der Waals surface area contributed by atoms with Gasteiger partial charge in [-0.15, -0.1) is 11.3 Å². The monoisotopic (exact) mass is 418 g/mol. The van der Waals surface area contributed by atoms with Crippen molar-refractivity contribution < 1.29 is 18.0 Å². The molecule has 6 nitrogen and oxygen atoms in total. The SMILES string of the molecule is CC(NC(=O)C=Cc1ccc(-c2ccccc2)s1)C(=O)N1CCS(=O)(=O)CC1. The minimum atomic E-state index is -3.05. The molecule has 1 aliphatic heterocycles. The van der Waals surface area contributed by atoms with Crippen LogP contribution in [0, 0.1) is 0 Å². The van der Waals surface area contributed by atoms with E-state index in [0.717, 1.165) is 15.3 Å². The van der Waals surface area contributed by atoms with Gasteiger partial charge in [0.25, 0.3) is 0 Å². The second kappa shape index (κ2) is 8.70. The highest BCUT2D eigenvalue weighted by Crippen LogP contribution is 2.28. The van der Waals surface area contributed by atoms with Crippen molar-refractivity contribution in [2.75, 3.05) is 24.6 Å². The van der Waals surface area contributed by atoms with E-state index in [1.807, 2.05) is 42.5 Å². The third-order valence-electron chi connectivity index (χ3n) is 4.47. The first-order valence-electron chi connectivity index (χ1n) is 8.97. The first-order valence-corrected chi connectivity index (χ1v) is 11.6. The first kappa shape index (κ1) is 20.3. The second-order valence-electron chi connectivity index (χ2n) is 6.61. The van der Waals surface area contributed by atoms with Crippen LogP contribution in [0.15, 0.2) is 48.5 Å². The van der Waals surface area contributed by atoms with E-state index >= 15 is 0 Å². The number of amides is 2. The number of benzene rings is 1. The number of carbonyl (C=O) groups excluding carboxylic acids is 2. The van der Waals surface area contributed by atoms with Crippen molar-refractivity contribution in [2.45, 2.75) is 13.0 Å². The van der Waals surface area contributed by atoms with Gasteiger partial charge < -0.3 is 10.2 Å². The van der Waals surface area contributed by atoms with Crippen molar-refractivity contribution in [3.8, 4) is 10.4 Å². The first-order chi connectivity index (χ1) is 13.3. The fourth-order valence-electron chi connectivity index (χ4n) is 2.89. The zero-order valence-electron chi connectivity index (χ0n) is 15.5. The number of hydrogen-bond donors (Lipinski definition) is 1. The maximum Gasteiger partial charge on any atom is 0.244 e. The maximum absolute atomic E-state index is 12.4. The summed E-state index contributed by atoms with van der Waals surface area (Å²) in [5, 5.41) is 2.64. The van der Waals surface area contributed by atoms with E-state index in [0.29, 0.717) is 0 Å². The van der Waals surface area contributed by atoms with Gasteiger partial charge in [-0.3, -0.25) is 9.59 Å². The predicted molar refractivity (Wildman–Crippen MR) is 112 cm³/mol. The summed E-state index contributed by atoms with van der Waals surface area (Å²) in [6.07, 6.45) is 3.13. The lowest BCUT2D eigenvalue weighted by Gasteiger charge is -2.29. The van der Waals surface area contributed by atoms with Crippen LogP contribution in [0.4, 0.5) is 0 Å². The van der Waals surface area contributed by atoms with Crippen LogP contribution in [0.1, 0.15) is 11.8 Å². The molecule has 1 aromatic heterocycles. The van der Waals surface area contributed by atoms with E-state index in [1.54, 1.807) is 24.3 Å². The molecule has 0 saturated carbocycles. The molecule has 2 heterocycles. The summed E-state index contributed by atoms with van der Waals surface area (Å²) >= 11 is 1.58. The molecule has 1 atom stereocenters. The van der Waals surface area contributed by atoms with E-state index in [4.69, 9.17) is 0 Å². The van der Waals surface area contributed by atoms with E-state index in [9.17, 15) is 18.0 Å². The summed E-state index contributed by atoms with van der Waals surface area (Å²) in [5.41, 5.74) is 1.12. The number of nitrogens with one attached hydrogen (secondary N) is 1. The van der Waals surface area contributed by atoms with Gasteiger partial charge in [0.15, 0.2) is 9.84 Å². The van der Waals surface area contributed by atoms with Crippen LogP contribution in [-0.2, 0) is 19.4 Å². The van der Waals surface area contributed by atoms with Crippen LogP contribution < -0.4 is 5.32 Å². The van der Waals surface area contributed by atoms with Gasteiger partial charge in [0.05, 0.1) is 11.5 Å². The molecule has 28 heavy (non-hydrogen) atoms. The normalized spacial score (nSPS) is 17.4. The van der Waals surface area contributed by atoms with Gasteiger partial charge in [0, 0.05) is 28.9 Å². The molecule has 0 aliphatic carbocycles. The minimum Gasteiger partial charge on any atom is -0.341 e. The molecular weight excluding hydrogens is 396 g/mol. The van der Waals surface area contributed by atoms with Gasteiger partial charge in [-0.05, 0) is 30.7 Å². The van der Waals surface area contributed by atoms with E-state index in [1.165, 1.54) is 11.0 Å². The highest BCUT2D eigenvalue weighted by molar-refractivity contribution is 7.91. The third kappa shape index (κ3) is 5.30. The fraction of sp³-hybridized carbons (Fsp3) is 0.300. The molecule has 2 amide bonds. The minimum absolute atomic E-state index is 0.0264. The van der Waals surface area contributed by atoms with Gasteiger partial charge in [-0.2, -0.15) is 0 Å². The summed E-state index contributed by atoms with van der Waals surface area (Å²) in [4.78, 5) is 28.0. The summed E-state index contributed by atoms with van der Waals surface area (Å²) in [7, 11) is -3.05. The Balaban J connectivity index is 1.53. The Morgan fingerprint density at radius 1 is 1.11 bits per heavy atom. The molecule has 1 unspecified atom stereocenters. The Bertz CT molecular complexity index is 967. The smallest absolute Gasteiger partial charge is 0.244 e. The van der Waals surface area contributed by atoms with Crippen LogP contribution >= 0.6 is 11.3 Å². The lowest BCUT2D eigenvalue weighted by atomic mass is 10.2. The molecule has 0 spiro atoms. The number of sulfone groups is 1. The summed E-state index contributed by atoms with van der Waals surface area (Å²) in [6.45, 7) is 1.96. The largest absolute Gasteiger partial charge is 0.341 e. The van der Waals surface area contributed by atoms with Gasteiger partial charge in [0.1, 0.15) is 6.04 Å². The lowest BCUT2D eigenvalue weighted by molar-refractivity contribution is -0.134. The fourth-order valence-corrected chi connectivity index (χ4v) is 5.01. The number of thiophene rings is 1. The highest BCUT2D eigenvalue weighted by Gasteiger charge is 2.28.